The number of nitrogens with zero attached hydrogens (tertiary/aromatic N) is 4. The molecule has 20 heavy (non-hydrogen) atoms. The highest BCUT2D eigenvalue weighted by Gasteiger charge is 2.14. The summed E-state index contributed by atoms with van der Waals surface area (Å²) < 4.78 is 2.65. The van der Waals surface area contributed by atoms with Crippen LogP contribution in [0, 0.1) is 10.5 Å². The zero-order valence-electron chi connectivity index (χ0n) is 10.5. The van der Waals surface area contributed by atoms with Gasteiger partial charge >= 0.3 is 0 Å². The molecule has 0 fully saturated rings. The standard InChI is InChI=1S/C13H10IN5O/c1-8-6-7-15-13-17-11(18-19(8)13)12(20)16-10-4-2-9(14)3-5-10/h2-7H,1H3,(H,16,20). The number of fused-ring (bicyclic) bond motifs is 1. The molecule has 0 atom stereocenters. The molecule has 0 radical (unpaired) electrons. The minimum absolute atomic E-state index is 0.102. The van der Waals surface area contributed by atoms with Crippen LogP contribution in [0.4, 0.5) is 5.69 Å². The van der Waals surface area contributed by atoms with Gasteiger partial charge in [0, 0.05) is 21.1 Å². The van der Waals surface area contributed by atoms with Crippen LogP contribution in [-0.4, -0.2) is 25.5 Å². The Morgan fingerprint density at radius 2 is 2.00 bits per heavy atom. The minimum atomic E-state index is -0.351. The van der Waals surface area contributed by atoms with Crippen molar-refractivity contribution in [3.8, 4) is 0 Å². The lowest BCUT2D eigenvalue weighted by atomic mass is 10.3. The van der Waals surface area contributed by atoms with Gasteiger partial charge in [0.1, 0.15) is 0 Å². The Hall–Kier alpha value is -2.03. The van der Waals surface area contributed by atoms with Crippen molar-refractivity contribution < 1.29 is 4.79 Å². The summed E-state index contributed by atoms with van der Waals surface area (Å²) in [5.74, 6) is 0.166. The summed E-state index contributed by atoms with van der Waals surface area (Å²) in [7, 11) is 0. The van der Waals surface area contributed by atoms with Crippen LogP contribution in [0.3, 0.4) is 0 Å². The van der Waals surface area contributed by atoms with E-state index in [1.807, 2.05) is 37.3 Å². The number of carbonyl (C=O) groups excluding carboxylic acids is 1. The van der Waals surface area contributed by atoms with E-state index in [4.69, 9.17) is 0 Å². The van der Waals surface area contributed by atoms with Crippen molar-refractivity contribution in [2.24, 2.45) is 0 Å². The van der Waals surface area contributed by atoms with Crippen LogP contribution >= 0.6 is 22.6 Å². The predicted molar refractivity (Wildman–Crippen MR) is 82.6 cm³/mol. The highest BCUT2D eigenvalue weighted by molar-refractivity contribution is 14.1. The number of nitrogens with one attached hydrogen (secondary N) is 1. The van der Waals surface area contributed by atoms with Gasteiger partial charge in [-0.05, 0) is 59.8 Å². The number of benzene rings is 1. The zero-order chi connectivity index (χ0) is 14.1. The molecule has 6 nitrogen and oxygen atoms in total. The van der Waals surface area contributed by atoms with Crippen molar-refractivity contribution in [3.63, 3.8) is 0 Å². The average Bonchev–Trinajstić information content (AvgIpc) is 2.87. The molecule has 1 amide bonds. The number of rotatable bonds is 2. The molecule has 2 aromatic heterocycles. The Balaban J connectivity index is 1.89. The lowest BCUT2D eigenvalue weighted by molar-refractivity contribution is 0.101. The fourth-order valence-electron chi connectivity index (χ4n) is 1.72. The van der Waals surface area contributed by atoms with Crippen LogP contribution in [0.25, 0.3) is 5.78 Å². The SMILES string of the molecule is Cc1ccnc2nc(C(=O)Nc3ccc(I)cc3)nn12. The van der Waals surface area contributed by atoms with E-state index in [9.17, 15) is 4.79 Å². The summed E-state index contributed by atoms with van der Waals surface area (Å²) in [6.07, 6.45) is 1.64. The van der Waals surface area contributed by atoms with Crippen LogP contribution in [0.5, 0.6) is 0 Å². The maximum Gasteiger partial charge on any atom is 0.295 e. The molecular weight excluding hydrogens is 369 g/mol. The Morgan fingerprint density at radius 3 is 2.70 bits per heavy atom. The van der Waals surface area contributed by atoms with E-state index in [0.29, 0.717) is 11.5 Å². The summed E-state index contributed by atoms with van der Waals surface area (Å²) in [6, 6.07) is 9.30. The maximum atomic E-state index is 12.1. The van der Waals surface area contributed by atoms with Crippen molar-refractivity contribution in [2.45, 2.75) is 6.92 Å². The van der Waals surface area contributed by atoms with Gasteiger partial charge in [0.2, 0.25) is 5.82 Å². The fourth-order valence-corrected chi connectivity index (χ4v) is 2.08. The van der Waals surface area contributed by atoms with E-state index < -0.39 is 0 Å². The van der Waals surface area contributed by atoms with E-state index in [1.54, 1.807) is 10.7 Å². The maximum absolute atomic E-state index is 12.1. The van der Waals surface area contributed by atoms with E-state index in [-0.39, 0.29) is 11.7 Å². The molecule has 2 heterocycles. The van der Waals surface area contributed by atoms with Gasteiger partial charge in [-0.15, -0.1) is 5.10 Å². The fraction of sp³-hybridized carbons (Fsp3) is 0.0769. The normalized spacial score (nSPS) is 10.7. The van der Waals surface area contributed by atoms with E-state index >= 15 is 0 Å². The number of aromatic nitrogens is 4. The molecule has 1 N–H and O–H groups in total. The number of halogens is 1. The van der Waals surface area contributed by atoms with Gasteiger partial charge in [-0.1, -0.05) is 0 Å². The lowest BCUT2D eigenvalue weighted by Crippen LogP contribution is -2.14. The predicted octanol–water partition coefficient (Wildman–Crippen LogP) is 2.29. The third-order valence-electron chi connectivity index (χ3n) is 2.74. The first-order valence-electron chi connectivity index (χ1n) is 5.89. The van der Waals surface area contributed by atoms with Crippen LogP contribution < -0.4 is 5.32 Å². The highest BCUT2D eigenvalue weighted by atomic mass is 127. The Labute approximate surface area is 128 Å². The molecule has 0 saturated heterocycles. The monoisotopic (exact) mass is 379 g/mol. The summed E-state index contributed by atoms with van der Waals surface area (Å²) in [4.78, 5) is 20.3. The van der Waals surface area contributed by atoms with Gasteiger partial charge in [-0.2, -0.15) is 4.98 Å². The molecule has 0 aliphatic heterocycles. The summed E-state index contributed by atoms with van der Waals surface area (Å²) in [6.45, 7) is 1.88. The number of hydrogen-bond donors (Lipinski definition) is 1. The van der Waals surface area contributed by atoms with E-state index in [0.717, 1.165) is 9.26 Å². The van der Waals surface area contributed by atoms with Crippen molar-refractivity contribution >= 4 is 40.0 Å². The summed E-state index contributed by atoms with van der Waals surface area (Å²) >= 11 is 2.21. The lowest BCUT2D eigenvalue weighted by Gasteiger charge is -2.01. The number of carbonyl (C=O) groups is 1. The van der Waals surface area contributed by atoms with E-state index in [2.05, 4.69) is 43.0 Å². The topological polar surface area (TPSA) is 72.2 Å². The number of anilines is 1. The molecule has 0 unspecified atom stereocenters. The van der Waals surface area contributed by atoms with Gasteiger partial charge in [-0.25, -0.2) is 9.50 Å². The second-order valence-corrected chi connectivity index (χ2v) is 5.44. The first-order valence-corrected chi connectivity index (χ1v) is 6.97. The first-order chi connectivity index (χ1) is 9.63. The number of aryl methyl sites for hydroxylation is 1. The Morgan fingerprint density at radius 1 is 1.25 bits per heavy atom. The molecule has 7 heteroatoms. The second-order valence-electron chi connectivity index (χ2n) is 4.19. The Kier molecular flexibility index (Phi) is 3.35. The van der Waals surface area contributed by atoms with Crippen molar-refractivity contribution in [3.05, 3.63) is 51.6 Å². The van der Waals surface area contributed by atoms with Gasteiger partial charge in [-0.3, -0.25) is 4.79 Å². The summed E-state index contributed by atoms with van der Waals surface area (Å²) in [5.41, 5.74) is 1.58. The average molecular weight is 379 g/mol. The van der Waals surface area contributed by atoms with Gasteiger partial charge in [0.25, 0.3) is 11.7 Å². The largest absolute Gasteiger partial charge is 0.319 e. The molecule has 1 aromatic carbocycles. The molecule has 0 bridgehead atoms. The summed E-state index contributed by atoms with van der Waals surface area (Å²) in [5, 5.41) is 6.91. The third kappa shape index (κ3) is 2.48. The van der Waals surface area contributed by atoms with Crippen molar-refractivity contribution in [2.75, 3.05) is 5.32 Å². The molecule has 3 aromatic rings. The van der Waals surface area contributed by atoms with Crippen molar-refractivity contribution in [1.82, 2.24) is 19.6 Å². The molecule has 100 valence electrons. The van der Waals surface area contributed by atoms with Gasteiger partial charge < -0.3 is 5.32 Å². The third-order valence-corrected chi connectivity index (χ3v) is 3.45. The highest BCUT2D eigenvalue weighted by Crippen LogP contribution is 2.12. The minimum Gasteiger partial charge on any atom is -0.319 e. The van der Waals surface area contributed by atoms with Crippen LogP contribution in [0.1, 0.15) is 16.3 Å². The molecule has 0 saturated carbocycles. The first kappa shape index (κ1) is 13.0. The Bertz CT molecular complexity index is 781. The molecule has 0 aliphatic carbocycles. The van der Waals surface area contributed by atoms with Crippen LogP contribution in [-0.2, 0) is 0 Å². The second kappa shape index (κ2) is 5.16. The molecule has 3 rings (SSSR count). The van der Waals surface area contributed by atoms with E-state index in [1.165, 1.54) is 0 Å². The van der Waals surface area contributed by atoms with Crippen LogP contribution in [0.15, 0.2) is 36.5 Å². The molecular formula is C13H10IN5O. The van der Waals surface area contributed by atoms with Crippen LogP contribution in [0.2, 0.25) is 0 Å². The van der Waals surface area contributed by atoms with Crippen molar-refractivity contribution in [1.29, 1.82) is 0 Å². The zero-order valence-corrected chi connectivity index (χ0v) is 12.7. The van der Waals surface area contributed by atoms with Gasteiger partial charge in [0.15, 0.2) is 0 Å². The van der Waals surface area contributed by atoms with Gasteiger partial charge in [0.05, 0.1) is 0 Å². The number of hydrogen-bond acceptors (Lipinski definition) is 4. The number of amides is 1. The smallest absolute Gasteiger partial charge is 0.295 e. The molecule has 0 spiro atoms. The molecule has 0 aliphatic rings. The quantitative estimate of drug-likeness (QED) is 0.694.